The molecule has 0 aromatic heterocycles. The van der Waals surface area contributed by atoms with Crippen LogP contribution in [0.5, 0.6) is 17.2 Å². The molecule has 0 radical (unpaired) electrons. The molecule has 0 fully saturated rings. The Kier molecular flexibility index (Phi) is 2.44. The van der Waals surface area contributed by atoms with Crippen molar-refractivity contribution in [3.8, 4) is 28.4 Å². The predicted molar refractivity (Wildman–Crippen MR) is 61.6 cm³/mol. The third-order valence-electron chi connectivity index (χ3n) is 2.60. The lowest BCUT2D eigenvalue weighted by Gasteiger charge is -2.10. The van der Waals surface area contributed by atoms with Gasteiger partial charge in [-0.15, -0.1) is 0 Å². The molecule has 0 aliphatic heterocycles. The van der Waals surface area contributed by atoms with Crippen LogP contribution in [0.4, 0.5) is 0 Å². The van der Waals surface area contributed by atoms with E-state index < -0.39 is 0 Å². The van der Waals surface area contributed by atoms with Gasteiger partial charge in [0.05, 0.1) is 0 Å². The summed E-state index contributed by atoms with van der Waals surface area (Å²) in [5, 5.41) is 28.6. The fourth-order valence-corrected chi connectivity index (χ4v) is 1.68. The zero-order chi connectivity index (χ0) is 11.7. The highest BCUT2D eigenvalue weighted by Gasteiger charge is 2.11. The second-order valence-electron chi connectivity index (χ2n) is 3.62. The molecule has 2 rings (SSSR count). The van der Waals surface area contributed by atoms with Gasteiger partial charge in [-0.2, -0.15) is 0 Å². The van der Waals surface area contributed by atoms with Crippen LogP contribution < -0.4 is 0 Å². The lowest BCUT2D eigenvalue weighted by molar-refractivity contribution is 0.401. The Morgan fingerprint density at radius 2 is 1.44 bits per heavy atom. The van der Waals surface area contributed by atoms with Gasteiger partial charge in [0.15, 0.2) is 11.5 Å². The van der Waals surface area contributed by atoms with E-state index in [4.69, 9.17) is 0 Å². The zero-order valence-electron chi connectivity index (χ0n) is 8.81. The fourth-order valence-electron chi connectivity index (χ4n) is 1.68. The molecule has 2 aromatic rings. The van der Waals surface area contributed by atoms with Crippen molar-refractivity contribution in [2.75, 3.05) is 0 Å². The van der Waals surface area contributed by atoms with Crippen LogP contribution in [0.25, 0.3) is 11.1 Å². The van der Waals surface area contributed by atoms with Crippen LogP contribution in [-0.2, 0) is 0 Å². The van der Waals surface area contributed by atoms with Crippen molar-refractivity contribution in [2.45, 2.75) is 6.92 Å². The second kappa shape index (κ2) is 3.77. The Bertz CT molecular complexity index is 533. The van der Waals surface area contributed by atoms with Gasteiger partial charge in [-0.1, -0.05) is 24.3 Å². The summed E-state index contributed by atoms with van der Waals surface area (Å²) in [6, 6.07) is 9.95. The summed E-state index contributed by atoms with van der Waals surface area (Å²) in [7, 11) is 0. The zero-order valence-corrected chi connectivity index (χ0v) is 8.81. The number of rotatable bonds is 1. The van der Waals surface area contributed by atoms with E-state index in [1.165, 1.54) is 6.07 Å². The maximum absolute atomic E-state index is 9.70. The Labute approximate surface area is 93.2 Å². The fraction of sp³-hybridized carbons (Fsp3) is 0.0769. The number of hydrogen-bond donors (Lipinski definition) is 3. The van der Waals surface area contributed by atoms with Crippen LogP contribution in [0, 0.1) is 6.92 Å². The van der Waals surface area contributed by atoms with Gasteiger partial charge in [-0.3, -0.25) is 0 Å². The topological polar surface area (TPSA) is 60.7 Å². The highest BCUT2D eigenvalue weighted by molar-refractivity contribution is 5.76. The first-order valence-corrected chi connectivity index (χ1v) is 4.91. The SMILES string of the molecule is Cc1c(-c2ccccc2O)ccc(O)c1O. The molecule has 0 aliphatic rings. The Morgan fingerprint density at radius 1 is 0.750 bits per heavy atom. The van der Waals surface area contributed by atoms with Gasteiger partial charge in [-0.05, 0) is 24.6 Å². The van der Waals surface area contributed by atoms with Crippen molar-refractivity contribution < 1.29 is 15.3 Å². The van der Waals surface area contributed by atoms with Crippen molar-refractivity contribution in [3.63, 3.8) is 0 Å². The predicted octanol–water partition coefficient (Wildman–Crippen LogP) is 2.78. The minimum atomic E-state index is -0.156. The Morgan fingerprint density at radius 3 is 2.12 bits per heavy atom. The van der Waals surface area contributed by atoms with Gasteiger partial charge in [0.2, 0.25) is 0 Å². The standard InChI is InChI=1S/C13H12O3/c1-8-9(6-7-12(15)13(8)16)10-4-2-3-5-11(10)14/h2-7,14-16H,1H3. The summed E-state index contributed by atoms with van der Waals surface area (Å²) in [6.45, 7) is 1.69. The minimum Gasteiger partial charge on any atom is -0.507 e. The van der Waals surface area contributed by atoms with Crippen LogP contribution in [0.2, 0.25) is 0 Å². The first-order valence-electron chi connectivity index (χ1n) is 4.91. The summed E-state index contributed by atoms with van der Waals surface area (Å²) < 4.78 is 0. The summed E-state index contributed by atoms with van der Waals surface area (Å²) in [5.74, 6) is -0.159. The summed E-state index contributed by atoms with van der Waals surface area (Å²) in [5.41, 5.74) is 1.88. The molecule has 3 N–H and O–H groups in total. The largest absolute Gasteiger partial charge is 0.507 e. The van der Waals surface area contributed by atoms with E-state index >= 15 is 0 Å². The molecule has 0 unspecified atom stereocenters. The number of phenols is 3. The smallest absolute Gasteiger partial charge is 0.161 e. The number of aromatic hydroxyl groups is 3. The molecule has 0 atom stereocenters. The molecule has 0 saturated carbocycles. The molecule has 0 saturated heterocycles. The maximum atomic E-state index is 9.70. The Hall–Kier alpha value is -2.16. The number of benzene rings is 2. The van der Waals surface area contributed by atoms with Crippen LogP contribution in [0.15, 0.2) is 36.4 Å². The van der Waals surface area contributed by atoms with Crippen LogP contribution in [-0.4, -0.2) is 15.3 Å². The van der Waals surface area contributed by atoms with Crippen molar-refractivity contribution >= 4 is 0 Å². The van der Waals surface area contributed by atoms with Gasteiger partial charge >= 0.3 is 0 Å². The van der Waals surface area contributed by atoms with Gasteiger partial charge < -0.3 is 15.3 Å². The van der Waals surface area contributed by atoms with Crippen LogP contribution in [0.3, 0.4) is 0 Å². The van der Waals surface area contributed by atoms with Crippen LogP contribution >= 0.6 is 0 Å². The normalized spacial score (nSPS) is 10.3. The van der Waals surface area contributed by atoms with E-state index in [0.717, 1.165) is 0 Å². The van der Waals surface area contributed by atoms with Crippen molar-refractivity contribution in [2.24, 2.45) is 0 Å². The lowest BCUT2D eigenvalue weighted by atomic mass is 9.99. The van der Waals surface area contributed by atoms with E-state index in [1.54, 1.807) is 37.3 Å². The third-order valence-corrected chi connectivity index (χ3v) is 2.60. The van der Waals surface area contributed by atoms with E-state index in [2.05, 4.69) is 0 Å². The summed E-state index contributed by atoms with van der Waals surface area (Å²) in [6.07, 6.45) is 0. The first-order chi connectivity index (χ1) is 7.61. The minimum absolute atomic E-state index is 0.149. The number of phenolic OH excluding ortho intramolecular Hbond substituents is 3. The molecule has 3 nitrogen and oxygen atoms in total. The van der Waals surface area contributed by atoms with Crippen molar-refractivity contribution in [3.05, 3.63) is 42.0 Å². The van der Waals surface area contributed by atoms with Gasteiger partial charge in [0.25, 0.3) is 0 Å². The number of hydrogen-bond acceptors (Lipinski definition) is 3. The molecule has 0 heterocycles. The summed E-state index contributed by atoms with van der Waals surface area (Å²) >= 11 is 0. The molecular weight excluding hydrogens is 204 g/mol. The van der Waals surface area contributed by atoms with Crippen molar-refractivity contribution in [1.82, 2.24) is 0 Å². The quantitative estimate of drug-likeness (QED) is 0.642. The molecular formula is C13H12O3. The second-order valence-corrected chi connectivity index (χ2v) is 3.62. The van der Waals surface area contributed by atoms with E-state index in [-0.39, 0.29) is 17.2 Å². The molecule has 82 valence electrons. The first kappa shape index (κ1) is 10.4. The van der Waals surface area contributed by atoms with Gasteiger partial charge in [0, 0.05) is 11.1 Å². The van der Waals surface area contributed by atoms with Crippen LogP contribution in [0.1, 0.15) is 5.56 Å². The molecule has 3 heteroatoms. The maximum Gasteiger partial charge on any atom is 0.161 e. The summed E-state index contributed by atoms with van der Waals surface area (Å²) in [4.78, 5) is 0. The van der Waals surface area contributed by atoms with Gasteiger partial charge in [0.1, 0.15) is 5.75 Å². The number of para-hydroxylation sites is 1. The average molecular weight is 216 g/mol. The van der Waals surface area contributed by atoms with E-state index in [1.807, 2.05) is 0 Å². The molecule has 0 bridgehead atoms. The average Bonchev–Trinajstić information content (AvgIpc) is 2.28. The molecule has 0 amide bonds. The van der Waals surface area contributed by atoms with E-state index in [0.29, 0.717) is 16.7 Å². The third kappa shape index (κ3) is 1.56. The van der Waals surface area contributed by atoms with E-state index in [9.17, 15) is 15.3 Å². The van der Waals surface area contributed by atoms with Gasteiger partial charge in [-0.25, -0.2) is 0 Å². The highest BCUT2D eigenvalue weighted by Crippen LogP contribution is 2.38. The van der Waals surface area contributed by atoms with Crippen molar-refractivity contribution in [1.29, 1.82) is 0 Å². The molecule has 2 aromatic carbocycles. The molecule has 0 aliphatic carbocycles. The molecule has 0 spiro atoms. The highest BCUT2D eigenvalue weighted by atomic mass is 16.3. The molecule has 16 heavy (non-hydrogen) atoms. The Balaban J connectivity index is 2.66. The monoisotopic (exact) mass is 216 g/mol. The lowest BCUT2D eigenvalue weighted by Crippen LogP contribution is -1.85.